The van der Waals surface area contributed by atoms with E-state index in [4.69, 9.17) is 11.6 Å². The highest BCUT2D eigenvalue weighted by atomic mass is 35.5. The second kappa shape index (κ2) is 8.70. The van der Waals surface area contributed by atoms with Crippen LogP contribution in [-0.4, -0.2) is 34.8 Å². The third-order valence-corrected chi connectivity index (χ3v) is 5.75. The van der Waals surface area contributed by atoms with Crippen LogP contribution in [0.3, 0.4) is 0 Å². The standard InChI is InChI=1S/C23H24ClN3O2/c24-19-7-3-5-16(11-19)13-26-23(29)17-6-4-10-27(15-17)22(28)12-18-14-25-21-9-2-1-8-20(18)21/h1-3,5,7-9,11,14,17,25H,4,6,10,12-13,15H2,(H,26,29). The number of benzene rings is 2. The molecule has 4 rings (SSSR count). The molecule has 0 saturated carbocycles. The van der Waals surface area contributed by atoms with Gasteiger partial charge in [0.05, 0.1) is 12.3 Å². The van der Waals surface area contributed by atoms with E-state index >= 15 is 0 Å². The summed E-state index contributed by atoms with van der Waals surface area (Å²) in [6, 6.07) is 15.4. The summed E-state index contributed by atoms with van der Waals surface area (Å²) in [4.78, 5) is 30.5. The number of aromatic amines is 1. The van der Waals surface area contributed by atoms with Gasteiger partial charge in [-0.25, -0.2) is 0 Å². The predicted molar refractivity (Wildman–Crippen MR) is 115 cm³/mol. The van der Waals surface area contributed by atoms with E-state index in [2.05, 4.69) is 10.3 Å². The molecule has 5 nitrogen and oxygen atoms in total. The zero-order chi connectivity index (χ0) is 20.2. The van der Waals surface area contributed by atoms with Gasteiger partial charge in [0.1, 0.15) is 0 Å². The fourth-order valence-corrected chi connectivity index (χ4v) is 4.16. The molecular weight excluding hydrogens is 386 g/mol. The average molecular weight is 410 g/mol. The van der Waals surface area contributed by atoms with E-state index in [9.17, 15) is 9.59 Å². The third-order valence-electron chi connectivity index (χ3n) is 5.52. The van der Waals surface area contributed by atoms with E-state index in [1.807, 2.05) is 59.6 Å². The molecule has 0 spiro atoms. The van der Waals surface area contributed by atoms with Crippen molar-refractivity contribution in [3.63, 3.8) is 0 Å². The molecule has 0 radical (unpaired) electrons. The summed E-state index contributed by atoms with van der Waals surface area (Å²) in [5, 5.41) is 4.72. The molecule has 2 aromatic carbocycles. The number of nitrogens with zero attached hydrogens (tertiary/aromatic N) is 1. The Morgan fingerprint density at radius 3 is 2.90 bits per heavy atom. The minimum absolute atomic E-state index is 0.00503. The number of hydrogen-bond donors (Lipinski definition) is 2. The number of amides is 2. The van der Waals surface area contributed by atoms with Crippen molar-refractivity contribution in [1.29, 1.82) is 0 Å². The first kappa shape index (κ1) is 19.5. The first-order valence-corrected chi connectivity index (χ1v) is 10.3. The van der Waals surface area contributed by atoms with Crippen LogP contribution in [0.1, 0.15) is 24.0 Å². The highest BCUT2D eigenvalue weighted by molar-refractivity contribution is 6.30. The Balaban J connectivity index is 1.34. The van der Waals surface area contributed by atoms with Crippen LogP contribution in [0.15, 0.2) is 54.7 Å². The van der Waals surface area contributed by atoms with E-state index in [-0.39, 0.29) is 17.7 Å². The van der Waals surface area contributed by atoms with E-state index in [0.29, 0.717) is 31.1 Å². The number of aromatic nitrogens is 1. The van der Waals surface area contributed by atoms with Gasteiger partial charge in [-0.1, -0.05) is 41.9 Å². The number of H-pyrrole nitrogens is 1. The van der Waals surface area contributed by atoms with Gasteiger partial charge in [0.15, 0.2) is 0 Å². The Labute approximate surface area is 175 Å². The van der Waals surface area contributed by atoms with Crippen LogP contribution in [0.4, 0.5) is 0 Å². The summed E-state index contributed by atoms with van der Waals surface area (Å²) in [5.41, 5.74) is 3.00. The van der Waals surface area contributed by atoms with Crippen molar-refractivity contribution in [3.8, 4) is 0 Å². The molecule has 0 bridgehead atoms. The Morgan fingerprint density at radius 2 is 2.03 bits per heavy atom. The van der Waals surface area contributed by atoms with Crippen LogP contribution in [0.2, 0.25) is 5.02 Å². The largest absolute Gasteiger partial charge is 0.361 e. The summed E-state index contributed by atoms with van der Waals surface area (Å²) in [6.07, 6.45) is 3.90. The van der Waals surface area contributed by atoms with Crippen molar-refractivity contribution in [2.75, 3.05) is 13.1 Å². The molecule has 3 aromatic rings. The number of carbonyl (C=O) groups is 2. The topological polar surface area (TPSA) is 65.2 Å². The fourth-order valence-electron chi connectivity index (χ4n) is 3.95. The van der Waals surface area contributed by atoms with Crippen LogP contribution in [0.25, 0.3) is 10.9 Å². The second-order valence-electron chi connectivity index (χ2n) is 7.56. The maximum atomic E-state index is 12.9. The molecule has 150 valence electrons. The van der Waals surface area contributed by atoms with Gasteiger partial charge in [0.25, 0.3) is 0 Å². The van der Waals surface area contributed by atoms with E-state index < -0.39 is 0 Å². The lowest BCUT2D eigenvalue weighted by atomic mass is 9.96. The molecule has 2 N–H and O–H groups in total. The number of hydrogen-bond acceptors (Lipinski definition) is 2. The molecule has 29 heavy (non-hydrogen) atoms. The lowest BCUT2D eigenvalue weighted by molar-refractivity contribution is -0.135. The Kier molecular flexibility index (Phi) is 5.86. The van der Waals surface area contributed by atoms with Gasteiger partial charge in [-0.05, 0) is 42.2 Å². The molecule has 0 aliphatic carbocycles. The molecule has 1 saturated heterocycles. The molecule has 1 aliphatic rings. The number of rotatable bonds is 5. The first-order valence-electron chi connectivity index (χ1n) is 9.95. The molecule has 1 atom stereocenters. The first-order chi connectivity index (χ1) is 14.1. The van der Waals surface area contributed by atoms with Gasteiger partial charge in [-0.3, -0.25) is 9.59 Å². The minimum atomic E-state index is -0.171. The van der Waals surface area contributed by atoms with Crippen LogP contribution in [0.5, 0.6) is 0 Å². The third kappa shape index (κ3) is 4.62. The number of halogens is 1. The van der Waals surface area contributed by atoms with Crippen LogP contribution in [-0.2, 0) is 22.6 Å². The summed E-state index contributed by atoms with van der Waals surface area (Å²) in [5.74, 6) is -0.105. The molecule has 1 aliphatic heterocycles. The number of nitrogens with one attached hydrogen (secondary N) is 2. The van der Waals surface area contributed by atoms with Gasteiger partial charge < -0.3 is 15.2 Å². The predicted octanol–water partition coefficient (Wildman–Crippen LogP) is 3.92. The Hall–Kier alpha value is -2.79. The second-order valence-corrected chi connectivity index (χ2v) is 8.00. The van der Waals surface area contributed by atoms with Gasteiger partial charge in [-0.15, -0.1) is 0 Å². The maximum Gasteiger partial charge on any atom is 0.227 e. The van der Waals surface area contributed by atoms with Crippen molar-refractivity contribution in [1.82, 2.24) is 15.2 Å². The number of likely N-dealkylation sites (tertiary alicyclic amines) is 1. The quantitative estimate of drug-likeness (QED) is 0.670. The number of piperidine rings is 1. The fraction of sp³-hybridized carbons (Fsp3) is 0.304. The number of para-hydroxylation sites is 1. The zero-order valence-corrected chi connectivity index (χ0v) is 16.9. The highest BCUT2D eigenvalue weighted by Gasteiger charge is 2.28. The normalized spacial score (nSPS) is 16.7. The SMILES string of the molecule is O=C(NCc1cccc(Cl)c1)C1CCCN(C(=O)Cc2c[nH]c3ccccc23)C1. The Morgan fingerprint density at radius 1 is 1.17 bits per heavy atom. The Bertz CT molecular complexity index is 1030. The summed E-state index contributed by atoms with van der Waals surface area (Å²) < 4.78 is 0. The van der Waals surface area contributed by atoms with Crippen LogP contribution >= 0.6 is 11.6 Å². The number of fused-ring (bicyclic) bond motifs is 1. The zero-order valence-electron chi connectivity index (χ0n) is 16.2. The van der Waals surface area contributed by atoms with Crippen LogP contribution in [0, 0.1) is 5.92 Å². The molecule has 2 amide bonds. The van der Waals surface area contributed by atoms with Crippen molar-refractivity contribution in [2.45, 2.75) is 25.8 Å². The number of carbonyl (C=O) groups excluding carboxylic acids is 2. The molecule has 6 heteroatoms. The smallest absolute Gasteiger partial charge is 0.227 e. The lowest BCUT2D eigenvalue weighted by Gasteiger charge is -2.32. The van der Waals surface area contributed by atoms with Crippen molar-refractivity contribution < 1.29 is 9.59 Å². The molecule has 1 fully saturated rings. The van der Waals surface area contributed by atoms with Crippen LogP contribution < -0.4 is 5.32 Å². The van der Waals surface area contributed by atoms with Crippen molar-refractivity contribution in [3.05, 3.63) is 70.9 Å². The monoisotopic (exact) mass is 409 g/mol. The lowest BCUT2D eigenvalue weighted by Crippen LogP contribution is -2.45. The average Bonchev–Trinajstić information content (AvgIpc) is 3.15. The van der Waals surface area contributed by atoms with Crippen molar-refractivity contribution >= 4 is 34.3 Å². The van der Waals surface area contributed by atoms with Crippen molar-refractivity contribution in [2.24, 2.45) is 5.92 Å². The summed E-state index contributed by atoms with van der Waals surface area (Å²) >= 11 is 6.00. The van der Waals surface area contributed by atoms with Gasteiger partial charge in [-0.2, -0.15) is 0 Å². The maximum absolute atomic E-state index is 12.9. The highest BCUT2D eigenvalue weighted by Crippen LogP contribution is 2.21. The van der Waals surface area contributed by atoms with E-state index in [1.54, 1.807) is 0 Å². The van der Waals surface area contributed by atoms with E-state index in [1.165, 1.54) is 0 Å². The molecule has 1 aromatic heterocycles. The van der Waals surface area contributed by atoms with Gasteiger partial charge in [0, 0.05) is 41.8 Å². The molecule has 2 heterocycles. The summed E-state index contributed by atoms with van der Waals surface area (Å²) in [6.45, 7) is 1.63. The van der Waals surface area contributed by atoms with E-state index in [0.717, 1.165) is 34.9 Å². The van der Waals surface area contributed by atoms with Gasteiger partial charge in [0.2, 0.25) is 11.8 Å². The minimum Gasteiger partial charge on any atom is -0.361 e. The molecule has 1 unspecified atom stereocenters. The summed E-state index contributed by atoms with van der Waals surface area (Å²) in [7, 11) is 0. The molecular formula is C23H24ClN3O2. The van der Waals surface area contributed by atoms with Gasteiger partial charge >= 0.3 is 0 Å².